The molecule has 0 radical (unpaired) electrons. The van der Waals surface area contributed by atoms with Crippen molar-refractivity contribution in [1.82, 2.24) is 4.90 Å². The molecule has 1 fully saturated rings. The third kappa shape index (κ3) is 6.06. The molecule has 0 aromatic heterocycles. The summed E-state index contributed by atoms with van der Waals surface area (Å²) in [5.41, 5.74) is 3.78. The molecule has 0 bridgehead atoms. The van der Waals surface area contributed by atoms with Gasteiger partial charge in [-0.05, 0) is 55.4 Å². The van der Waals surface area contributed by atoms with Crippen molar-refractivity contribution in [2.75, 3.05) is 33.5 Å². The summed E-state index contributed by atoms with van der Waals surface area (Å²) in [6, 6.07) is 14.9. The molecule has 194 valence electrons. The largest absolute Gasteiger partial charge is 0.480 e. The summed E-state index contributed by atoms with van der Waals surface area (Å²) in [5, 5.41) is 9.74. The Morgan fingerprint density at radius 3 is 2.31 bits per heavy atom. The van der Waals surface area contributed by atoms with Gasteiger partial charge in [0.15, 0.2) is 12.3 Å². The Morgan fingerprint density at radius 1 is 1.08 bits per heavy atom. The maximum absolute atomic E-state index is 12.8. The number of aliphatic carboxylic acids is 1. The van der Waals surface area contributed by atoms with Crippen LogP contribution < -0.4 is 0 Å². The van der Waals surface area contributed by atoms with Crippen molar-refractivity contribution < 1.29 is 33.6 Å². The third-order valence-corrected chi connectivity index (χ3v) is 6.69. The van der Waals surface area contributed by atoms with Gasteiger partial charge in [-0.15, -0.1) is 0 Å². The van der Waals surface area contributed by atoms with Crippen molar-refractivity contribution in [3.05, 3.63) is 59.7 Å². The molecule has 8 heteroatoms. The van der Waals surface area contributed by atoms with Crippen LogP contribution in [0.15, 0.2) is 48.5 Å². The lowest BCUT2D eigenvalue weighted by atomic mass is 9.98. The van der Waals surface area contributed by atoms with E-state index in [0.29, 0.717) is 6.61 Å². The van der Waals surface area contributed by atoms with E-state index in [-0.39, 0.29) is 32.0 Å². The summed E-state index contributed by atoms with van der Waals surface area (Å²) in [4.78, 5) is 25.8. The van der Waals surface area contributed by atoms with E-state index >= 15 is 0 Å². The van der Waals surface area contributed by atoms with Gasteiger partial charge in [0.05, 0.1) is 18.8 Å². The van der Waals surface area contributed by atoms with Gasteiger partial charge in [-0.25, -0.2) is 9.59 Å². The van der Waals surface area contributed by atoms with E-state index < -0.39 is 23.7 Å². The summed E-state index contributed by atoms with van der Waals surface area (Å²) >= 11 is 0. The van der Waals surface area contributed by atoms with Gasteiger partial charge in [-0.1, -0.05) is 48.5 Å². The molecule has 0 saturated carbocycles. The van der Waals surface area contributed by atoms with Crippen molar-refractivity contribution in [3.63, 3.8) is 0 Å². The second kappa shape index (κ2) is 11.4. The number of carbonyl (C=O) groups is 2. The topological polar surface area (TPSA) is 94.5 Å². The molecule has 0 spiro atoms. The van der Waals surface area contributed by atoms with Crippen LogP contribution in [0.2, 0.25) is 0 Å². The average Bonchev–Trinajstić information content (AvgIpc) is 3.18. The summed E-state index contributed by atoms with van der Waals surface area (Å²) < 4.78 is 22.9. The number of carboxylic acid groups (broad SMARTS) is 1. The smallest absolute Gasteiger partial charge is 0.410 e. The van der Waals surface area contributed by atoms with Crippen molar-refractivity contribution in [1.29, 1.82) is 0 Å². The van der Waals surface area contributed by atoms with Crippen LogP contribution in [-0.4, -0.2) is 73.5 Å². The second-order valence-corrected chi connectivity index (χ2v) is 9.96. The Morgan fingerprint density at radius 2 is 1.72 bits per heavy atom. The number of benzene rings is 2. The second-order valence-electron chi connectivity index (χ2n) is 9.96. The molecule has 2 atom stereocenters. The predicted molar refractivity (Wildman–Crippen MR) is 134 cm³/mol. The fraction of sp³-hybridized carbons (Fsp3) is 0.500. The highest BCUT2D eigenvalue weighted by atomic mass is 16.7. The number of amides is 1. The normalized spacial score (nSPS) is 18.2. The number of likely N-dealkylation sites (N-methyl/N-ethyl adjacent to an activating group) is 1. The van der Waals surface area contributed by atoms with E-state index in [0.717, 1.165) is 46.4 Å². The first kappa shape index (κ1) is 26.1. The van der Waals surface area contributed by atoms with E-state index in [1.807, 2.05) is 50.2 Å². The van der Waals surface area contributed by atoms with Crippen molar-refractivity contribution in [2.24, 2.45) is 0 Å². The van der Waals surface area contributed by atoms with Gasteiger partial charge in [0.25, 0.3) is 0 Å². The molecule has 1 amide bonds. The molecule has 2 unspecified atom stereocenters. The van der Waals surface area contributed by atoms with E-state index in [9.17, 15) is 14.7 Å². The van der Waals surface area contributed by atoms with E-state index in [1.165, 1.54) is 7.05 Å². The molecular formula is C28H35NO7. The van der Waals surface area contributed by atoms with E-state index in [1.54, 1.807) is 0 Å². The lowest BCUT2D eigenvalue weighted by molar-refractivity contribution is -0.228. The maximum Gasteiger partial charge on any atom is 0.410 e. The van der Waals surface area contributed by atoms with Crippen LogP contribution in [0.3, 0.4) is 0 Å². The van der Waals surface area contributed by atoms with Crippen molar-refractivity contribution in [2.45, 2.75) is 57.0 Å². The molecular weight excluding hydrogens is 462 g/mol. The van der Waals surface area contributed by atoms with Gasteiger partial charge in [0.1, 0.15) is 6.61 Å². The standard InChI is InChI=1S/C28H35NO7/c1-28(2,36-25-14-8-9-15-34-25)18-33-17-24(26(30)31)29(3)27(32)35-16-23-21-12-6-4-10-19(21)20-11-5-7-13-22(20)23/h4-7,10-13,23-25H,8-9,14-18H2,1-3H3,(H,30,31). The van der Waals surface area contributed by atoms with E-state index in [4.69, 9.17) is 18.9 Å². The highest BCUT2D eigenvalue weighted by Gasteiger charge is 2.33. The first-order chi connectivity index (χ1) is 17.3. The molecule has 1 aliphatic carbocycles. The van der Waals surface area contributed by atoms with Gasteiger partial charge in [0, 0.05) is 19.6 Å². The molecule has 36 heavy (non-hydrogen) atoms. The van der Waals surface area contributed by atoms with Gasteiger partial charge in [-0.3, -0.25) is 4.90 Å². The molecule has 4 rings (SSSR count). The number of nitrogens with zero attached hydrogens (tertiary/aromatic N) is 1. The third-order valence-electron chi connectivity index (χ3n) is 6.69. The first-order valence-electron chi connectivity index (χ1n) is 12.4. The van der Waals surface area contributed by atoms with Crippen LogP contribution in [0.25, 0.3) is 11.1 Å². The Labute approximate surface area is 212 Å². The molecule has 1 heterocycles. The van der Waals surface area contributed by atoms with Crippen molar-refractivity contribution >= 4 is 12.1 Å². The van der Waals surface area contributed by atoms with Gasteiger partial charge < -0.3 is 24.1 Å². The van der Waals surface area contributed by atoms with Crippen LogP contribution in [-0.2, 0) is 23.7 Å². The van der Waals surface area contributed by atoms with Crippen LogP contribution in [0.1, 0.15) is 50.2 Å². The average molecular weight is 498 g/mol. The van der Waals surface area contributed by atoms with Gasteiger partial charge in [0.2, 0.25) is 0 Å². The fourth-order valence-corrected chi connectivity index (χ4v) is 4.78. The zero-order chi connectivity index (χ0) is 25.7. The monoisotopic (exact) mass is 497 g/mol. The number of hydrogen-bond acceptors (Lipinski definition) is 6. The molecule has 2 aromatic rings. The summed E-state index contributed by atoms with van der Waals surface area (Å²) in [6.45, 7) is 4.51. The van der Waals surface area contributed by atoms with Crippen LogP contribution in [0.4, 0.5) is 4.79 Å². The van der Waals surface area contributed by atoms with Crippen LogP contribution in [0.5, 0.6) is 0 Å². The predicted octanol–water partition coefficient (Wildman–Crippen LogP) is 4.66. The van der Waals surface area contributed by atoms with E-state index in [2.05, 4.69) is 12.1 Å². The minimum absolute atomic E-state index is 0.103. The van der Waals surface area contributed by atoms with Crippen LogP contribution in [0, 0.1) is 0 Å². The minimum Gasteiger partial charge on any atom is -0.480 e. The lowest BCUT2D eigenvalue weighted by Crippen LogP contribution is -2.47. The highest BCUT2D eigenvalue weighted by molar-refractivity contribution is 5.81. The number of hydrogen-bond donors (Lipinski definition) is 1. The van der Waals surface area contributed by atoms with Gasteiger partial charge in [-0.2, -0.15) is 0 Å². The molecule has 8 nitrogen and oxygen atoms in total. The first-order valence-corrected chi connectivity index (χ1v) is 12.4. The van der Waals surface area contributed by atoms with Crippen molar-refractivity contribution in [3.8, 4) is 11.1 Å². The highest BCUT2D eigenvalue weighted by Crippen LogP contribution is 2.44. The summed E-state index contributed by atoms with van der Waals surface area (Å²) in [6.07, 6.45) is 1.91. The SMILES string of the molecule is CN(C(=O)OCC1c2ccccc2-c2ccccc21)C(COCC(C)(C)OC1CCCCO1)C(=O)O. The Balaban J connectivity index is 1.32. The lowest BCUT2D eigenvalue weighted by Gasteiger charge is -2.33. The Hall–Kier alpha value is -2.94. The number of carbonyl (C=O) groups excluding carboxylic acids is 1. The minimum atomic E-state index is -1.19. The molecule has 2 aliphatic rings. The zero-order valence-corrected chi connectivity index (χ0v) is 21.1. The quantitative estimate of drug-likeness (QED) is 0.510. The maximum atomic E-state index is 12.8. The fourth-order valence-electron chi connectivity index (χ4n) is 4.78. The summed E-state index contributed by atoms with van der Waals surface area (Å²) in [5.74, 6) is -1.27. The number of carboxylic acids is 1. The molecule has 1 N–H and O–H groups in total. The summed E-state index contributed by atoms with van der Waals surface area (Å²) in [7, 11) is 1.42. The molecule has 2 aromatic carbocycles. The number of rotatable bonds is 10. The number of ether oxygens (including phenoxy) is 4. The van der Waals surface area contributed by atoms with Gasteiger partial charge >= 0.3 is 12.1 Å². The number of fused-ring (bicyclic) bond motifs is 3. The molecule has 1 saturated heterocycles. The zero-order valence-electron chi connectivity index (χ0n) is 21.1. The van der Waals surface area contributed by atoms with Crippen LogP contribution >= 0.6 is 0 Å². The Kier molecular flexibility index (Phi) is 8.28. The Bertz CT molecular complexity index is 1020. The molecule has 1 aliphatic heterocycles.